The second-order valence-electron chi connectivity index (χ2n) is 8.06. The Morgan fingerprint density at radius 2 is 2.00 bits per heavy atom. The normalized spacial score (nSPS) is 23.7. The van der Waals surface area contributed by atoms with Crippen LogP contribution in [0.25, 0.3) is 0 Å². The maximum absolute atomic E-state index is 6.62. The molecule has 0 saturated heterocycles. The first-order valence-corrected chi connectivity index (χ1v) is 10.9. The minimum atomic E-state index is -1.79. The van der Waals surface area contributed by atoms with E-state index in [4.69, 9.17) is 10.8 Å². The minimum Gasteiger partial charge on any atom is -0.547 e. The molecule has 1 aliphatic carbocycles. The third-order valence-corrected chi connectivity index (χ3v) is 9.67. The van der Waals surface area contributed by atoms with Gasteiger partial charge in [0.25, 0.3) is 0 Å². The fraction of sp³-hybridized carbons (Fsp3) is 0.684. The van der Waals surface area contributed by atoms with Crippen molar-refractivity contribution in [2.45, 2.75) is 72.0 Å². The molecule has 1 rings (SSSR count). The van der Waals surface area contributed by atoms with Crippen molar-refractivity contribution in [1.82, 2.24) is 0 Å². The summed E-state index contributed by atoms with van der Waals surface area (Å²) in [5.41, 5.74) is 2.62. The van der Waals surface area contributed by atoms with E-state index in [1.165, 1.54) is 16.9 Å². The van der Waals surface area contributed by atoms with E-state index in [2.05, 4.69) is 60.2 Å². The predicted molar refractivity (Wildman–Crippen MR) is 95.5 cm³/mol. The lowest BCUT2D eigenvalue weighted by molar-refractivity contribution is 0.293. The molecule has 21 heavy (non-hydrogen) atoms. The van der Waals surface area contributed by atoms with Crippen molar-refractivity contribution < 1.29 is 4.43 Å². The quantitative estimate of drug-likeness (QED) is 0.356. The van der Waals surface area contributed by atoms with Crippen LogP contribution in [0.3, 0.4) is 0 Å². The number of rotatable bonds is 4. The van der Waals surface area contributed by atoms with Gasteiger partial charge in [0.05, 0.1) is 5.76 Å². The fourth-order valence-electron chi connectivity index (χ4n) is 2.55. The smallest absolute Gasteiger partial charge is 0.250 e. The average molecular weight is 305 g/mol. The largest absolute Gasteiger partial charge is 0.547 e. The topological polar surface area (TPSA) is 9.23 Å². The van der Waals surface area contributed by atoms with Gasteiger partial charge >= 0.3 is 0 Å². The summed E-state index contributed by atoms with van der Waals surface area (Å²) in [5.74, 6) is 4.98. The molecule has 0 amide bonds. The monoisotopic (exact) mass is 304 g/mol. The van der Waals surface area contributed by atoms with E-state index >= 15 is 0 Å². The first-order valence-electron chi connectivity index (χ1n) is 7.97. The van der Waals surface area contributed by atoms with Crippen LogP contribution in [0, 0.1) is 24.2 Å². The fourth-order valence-corrected chi connectivity index (χ4v) is 3.72. The highest BCUT2D eigenvalue weighted by molar-refractivity contribution is 6.74. The molecule has 0 bridgehead atoms. The second-order valence-corrected chi connectivity index (χ2v) is 12.8. The highest BCUT2D eigenvalue weighted by Crippen LogP contribution is 2.44. The molecular weight excluding hydrogens is 272 g/mol. The summed E-state index contributed by atoms with van der Waals surface area (Å²) in [7, 11) is -1.79. The lowest BCUT2D eigenvalue weighted by Gasteiger charge is -2.41. The summed E-state index contributed by atoms with van der Waals surface area (Å²) in [6.07, 6.45) is 8.48. The zero-order valence-electron chi connectivity index (χ0n) is 15.0. The maximum Gasteiger partial charge on any atom is 0.250 e. The van der Waals surface area contributed by atoms with Crippen molar-refractivity contribution in [3.05, 3.63) is 23.5 Å². The van der Waals surface area contributed by atoms with Gasteiger partial charge in [-0.15, -0.1) is 12.3 Å². The van der Waals surface area contributed by atoms with Crippen LogP contribution in [0.5, 0.6) is 0 Å². The Bertz CT molecular complexity index is 471. The molecule has 1 aliphatic rings. The van der Waals surface area contributed by atoms with Crippen molar-refractivity contribution in [3.8, 4) is 12.3 Å². The van der Waals surface area contributed by atoms with Crippen LogP contribution in [-0.2, 0) is 4.43 Å². The third kappa shape index (κ3) is 4.26. The SMILES string of the molecule is C#CC[C@@H]1C[C@@H](C(=C)C)CC(O[Si](C)(C)C(C)(C)C)=C1C. The molecule has 0 saturated carbocycles. The van der Waals surface area contributed by atoms with E-state index in [1.54, 1.807) is 0 Å². The van der Waals surface area contributed by atoms with E-state index in [-0.39, 0.29) is 5.04 Å². The molecule has 0 aromatic rings. The standard InChI is InChI=1S/C19H32OSi/c1-10-11-16-12-17(14(2)3)13-18(15(16)4)20-21(8,9)19(5,6)7/h1,16-17H,2,11-13H2,3-9H3/t16-,17-/m1/s1. The Labute approximate surface area is 133 Å². The lowest BCUT2D eigenvalue weighted by Crippen LogP contribution is -2.41. The summed E-state index contributed by atoms with van der Waals surface area (Å²) in [4.78, 5) is 0. The predicted octanol–water partition coefficient (Wildman–Crippen LogP) is 5.91. The van der Waals surface area contributed by atoms with Gasteiger partial charge in [0, 0.05) is 12.8 Å². The van der Waals surface area contributed by atoms with Crippen LogP contribution in [-0.4, -0.2) is 8.32 Å². The summed E-state index contributed by atoms with van der Waals surface area (Å²) >= 11 is 0. The Kier molecular flexibility index (Phi) is 5.55. The zero-order chi connectivity index (χ0) is 16.4. The molecule has 2 atom stereocenters. The number of terminal acetylenes is 1. The third-order valence-electron chi connectivity index (χ3n) is 5.30. The van der Waals surface area contributed by atoms with Gasteiger partial charge in [-0.05, 0) is 55.8 Å². The van der Waals surface area contributed by atoms with Crippen molar-refractivity contribution in [2.24, 2.45) is 11.8 Å². The number of hydrogen-bond donors (Lipinski definition) is 0. The van der Waals surface area contributed by atoms with Gasteiger partial charge in [0.1, 0.15) is 0 Å². The van der Waals surface area contributed by atoms with Crippen molar-refractivity contribution in [2.75, 3.05) is 0 Å². The van der Waals surface area contributed by atoms with Gasteiger partial charge < -0.3 is 4.43 Å². The molecule has 0 unspecified atom stereocenters. The van der Waals surface area contributed by atoms with Gasteiger partial charge in [-0.1, -0.05) is 32.9 Å². The van der Waals surface area contributed by atoms with Gasteiger partial charge in [-0.3, -0.25) is 0 Å². The molecule has 0 heterocycles. The van der Waals surface area contributed by atoms with E-state index in [9.17, 15) is 0 Å². The number of hydrogen-bond acceptors (Lipinski definition) is 1. The molecular formula is C19H32OSi. The molecule has 0 spiro atoms. The summed E-state index contributed by atoms with van der Waals surface area (Å²) in [6.45, 7) is 20.0. The van der Waals surface area contributed by atoms with Gasteiger partial charge in [0.2, 0.25) is 8.32 Å². The zero-order valence-corrected chi connectivity index (χ0v) is 16.0. The van der Waals surface area contributed by atoms with Crippen molar-refractivity contribution in [1.29, 1.82) is 0 Å². The van der Waals surface area contributed by atoms with E-state index in [0.29, 0.717) is 11.8 Å². The van der Waals surface area contributed by atoms with Crippen molar-refractivity contribution >= 4 is 8.32 Å². The van der Waals surface area contributed by atoms with Crippen LogP contribution in [0.15, 0.2) is 23.5 Å². The summed E-state index contributed by atoms with van der Waals surface area (Å²) in [5, 5.41) is 0.220. The molecule has 0 aliphatic heterocycles. The van der Waals surface area contributed by atoms with Gasteiger partial charge in [-0.2, -0.15) is 0 Å². The Balaban J connectivity index is 3.09. The van der Waals surface area contributed by atoms with Gasteiger partial charge in [0.15, 0.2) is 0 Å². The van der Waals surface area contributed by atoms with Crippen LogP contribution >= 0.6 is 0 Å². The van der Waals surface area contributed by atoms with Crippen LogP contribution in [0.2, 0.25) is 18.1 Å². The Hall–Kier alpha value is -0.943. The highest BCUT2D eigenvalue weighted by Gasteiger charge is 2.41. The van der Waals surface area contributed by atoms with E-state index < -0.39 is 8.32 Å². The summed E-state index contributed by atoms with van der Waals surface area (Å²) in [6, 6.07) is 0. The second kappa shape index (κ2) is 6.44. The van der Waals surface area contributed by atoms with Crippen LogP contribution in [0.1, 0.15) is 53.9 Å². The molecule has 0 N–H and O–H groups in total. The van der Waals surface area contributed by atoms with Crippen LogP contribution < -0.4 is 0 Å². The first-order chi connectivity index (χ1) is 9.49. The molecule has 0 aromatic carbocycles. The maximum atomic E-state index is 6.62. The number of allylic oxidation sites excluding steroid dienone is 3. The molecule has 0 radical (unpaired) electrons. The Morgan fingerprint density at radius 3 is 2.43 bits per heavy atom. The average Bonchev–Trinajstić information content (AvgIpc) is 2.32. The minimum absolute atomic E-state index is 0.220. The van der Waals surface area contributed by atoms with E-state index in [0.717, 1.165) is 19.3 Å². The van der Waals surface area contributed by atoms with Gasteiger partial charge in [-0.25, -0.2) is 0 Å². The van der Waals surface area contributed by atoms with Crippen LogP contribution in [0.4, 0.5) is 0 Å². The molecule has 118 valence electrons. The van der Waals surface area contributed by atoms with Crippen molar-refractivity contribution in [3.63, 3.8) is 0 Å². The summed E-state index contributed by atoms with van der Waals surface area (Å²) < 4.78 is 6.62. The molecule has 0 aromatic heterocycles. The highest BCUT2D eigenvalue weighted by atomic mass is 28.4. The molecule has 2 heteroatoms. The molecule has 0 fully saturated rings. The Morgan fingerprint density at radius 1 is 1.43 bits per heavy atom. The molecule has 1 nitrogen and oxygen atoms in total. The van der Waals surface area contributed by atoms with E-state index in [1.807, 2.05) is 0 Å². The lowest BCUT2D eigenvalue weighted by atomic mass is 9.77. The first kappa shape index (κ1) is 18.1.